The summed E-state index contributed by atoms with van der Waals surface area (Å²) < 4.78 is 5.11. The van der Waals surface area contributed by atoms with Gasteiger partial charge in [0, 0.05) is 12.3 Å². The zero-order chi connectivity index (χ0) is 13.7. The number of ether oxygens (including phenoxy) is 1. The lowest BCUT2D eigenvalue weighted by Gasteiger charge is -2.19. The van der Waals surface area contributed by atoms with E-state index in [2.05, 4.69) is 0 Å². The van der Waals surface area contributed by atoms with E-state index in [1.807, 2.05) is 12.1 Å². The Kier molecular flexibility index (Phi) is 4.83. The van der Waals surface area contributed by atoms with E-state index in [9.17, 15) is 9.90 Å². The fraction of sp³-hybridized carbons (Fsp3) is 0.562. The highest BCUT2D eigenvalue weighted by Crippen LogP contribution is 2.33. The van der Waals surface area contributed by atoms with Crippen LogP contribution in [0, 0.1) is 5.92 Å². The first-order valence-electron chi connectivity index (χ1n) is 7.10. The Hall–Kier alpha value is -1.51. The second kappa shape index (κ2) is 6.60. The van der Waals surface area contributed by atoms with Gasteiger partial charge in [-0.25, -0.2) is 0 Å². The van der Waals surface area contributed by atoms with Gasteiger partial charge < -0.3 is 9.84 Å². The second-order valence-electron chi connectivity index (χ2n) is 5.29. The number of aromatic hydroxyl groups is 1. The number of rotatable bonds is 3. The number of hydrogen-bond acceptors (Lipinski definition) is 3. The molecule has 2 rings (SSSR count). The SMILES string of the molecule is COc1cccc(CC2CCCCCCC2=O)c1O. The summed E-state index contributed by atoms with van der Waals surface area (Å²) in [5.74, 6) is 1.07. The van der Waals surface area contributed by atoms with Gasteiger partial charge in [-0.05, 0) is 30.9 Å². The van der Waals surface area contributed by atoms with Crippen LogP contribution >= 0.6 is 0 Å². The second-order valence-corrected chi connectivity index (χ2v) is 5.29. The van der Waals surface area contributed by atoms with Crippen molar-refractivity contribution in [2.75, 3.05) is 7.11 Å². The maximum atomic E-state index is 12.1. The number of carbonyl (C=O) groups excluding carboxylic acids is 1. The van der Waals surface area contributed by atoms with Crippen molar-refractivity contribution in [2.45, 2.75) is 44.9 Å². The lowest BCUT2D eigenvalue weighted by molar-refractivity contribution is -0.123. The molecule has 0 spiro atoms. The van der Waals surface area contributed by atoms with Gasteiger partial charge in [0.05, 0.1) is 7.11 Å². The molecule has 1 unspecified atom stereocenters. The topological polar surface area (TPSA) is 46.5 Å². The number of para-hydroxylation sites is 1. The molecule has 0 aliphatic heterocycles. The first-order chi connectivity index (χ1) is 9.22. The van der Waals surface area contributed by atoms with Gasteiger partial charge >= 0.3 is 0 Å². The van der Waals surface area contributed by atoms with E-state index in [-0.39, 0.29) is 11.7 Å². The molecule has 1 aromatic carbocycles. The summed E-state index contributed by atoms with van der Waals surface area (Å²) in [6, 6.07) is 5.48. The number of benzene rings is 1. The molecule has 1 saturated carbocycles. The summed E-state index contributed by atoms with van der Waals surface area (Å²) in [5.41, 5.74) is 0.818. The summed E-state index contributed by atoms with van der Waals surface area (Å²) >= 11 is 0. The van der Waals surface area contributed by atoms with Crippen LogP contribution < -0.4 is 4.74 Å². The Balaban J connectivity index is 2.12. The zero-order valence-corrected chi connectivity index (χ0v) is 11.5. The molecule has 3 heteroatoms. The van der Waals surface area contributed by atoms with Gasteiger partial charge in [0.25, 0.3) is 0 Å². The molecule has 1 aliphatic carbocycles. The van der Waals surface area contributed by atoms with Crippen molar-refractivity contribution in [3.8, 4) is 11.5 Å². The van der Waals surface area contributed by atoms with E-state index in [4.69, 9.17) is 4.74 Å². The summed E-state index contributed by atoms with van der Waals surface area (Å²) in [5, 5.41) is 10.1. The Morgan fingerprint density at radius 2 is 2.05 bits per heavy atom. The Morgan fingerprint density at radius 1 is 1.26 bits per heavy atom. The van der Waals surface area contributed by atoms with Gasteiger partial charge in [-0.2, -0.15) is 0 Å². The van der Waals surface area contributed by atoms with E-state index < -0.39 is 0 Å². The standard InChI is InChI=1S/C16H22O3/c1-19-15-10-6-8-13(16(15)18)11-12-7-4-2-3-5-9-14(12)17/h6,8,10,12,18H,2-5,7,9,11H2,1H3. The fourth-order valence-corrected chi connectivity index (χ4v) is 2.79. The van der Waals surface area contributed by atoms with Gasteiger partial charge in [0.2, 0.25) is 0 Å². The first kappa shape index (κ1) is 13.9. The molecular weight excluding hydrogens is 240 g/mol. The highest BCUT2D eigenvalue weighted by Gasteiger charge is 2.22. The smallest absolute Gasteiger partial charge is 0.160 e. The van der Waals surface area contributed by atoms with Crippen molar-refractivity contribution >= 4 is 5.78 Å². The van der Waals surface area contributed by atoms with Crippen LogP contribution in [-0.4, -0.2) is 18.0 Å². The van der Waals surface area contributed by atoms with Crippen LogP contribution in [0.2, 0.25) is 0 Å². The number of hydrogen-bond donors (Lipinski definition) is 1. The Bertz CT molecular complexity index is 440. The number of Topliss-reactive ketones (excluding diaryl/α,β-unsaturated/α-hetero) is 1. The number of phenols is 1. The van der Waals surface area contributed by atoms with E-state index in [1.54, 1.807) is 13.2 Å². The van der Waals surface area contributed by atoms with Gasteiger partial charge in [-0.15, -0.1) is 0 Å². The van der Waals surface area contributed by atoms with Crippen molar-refractivity contribution in [1.29, 1.82) is 0 Å². The quantitative estimate of drug-likeness (QED) is 0.907. The first-order valence-corrected chi connectivity index (χ1v) is 7.10. The fourth-order valence-electron chi connectivity index (χ4n) is 2.79. The van der Waals surface area contributed by atoms with Crippen LogP contribution in [0.15, 0.2) is 18.2 Å². The van der Waals surface area contributed by atoms with E-state index >= 15 is 0 Å². The molecule has 104 valence electrons. The zero-order valence-electron chi connectivity index (χ0n) is 11.5. The average Bonchev–Trinajstić information content (AvgIpc) is 2.40. The van der Waals surface area contributed by atoms with Crippen LogP contribution in [0.1, 0.15) is 44.1 Å². The van der Waals surface area contributed by atoms with Gasteiger partial charge in [-0.3, -0.25) is 4.79 Å². The molecule has 19 heavy (non-hydrogen) atoms. The molecule has 0 bridgehead atoms. The molecule has 3 nitrogen and oxygen atoms in total. The van der Waals surface area contributed by atoms with Gasteiger partial charge in [-0.1, -0.05) is 31.4 Å². The van der Waals surface area contributed by atoms with Crippen LogP contribution in [-0.2, 0) is 11.2 Å². The normalized spacial score (nSPS) is 20.7. The van der Waals surface area contributed by atoms with Crippen LogP contribution in [0.3, 0.4) is 0 Å². The molecule has 1 atom stereocenters. The van der Waals surface area contributed by atoms with Crippen LogP contribution in [0.25, 0.3) is 0 Å². The molecule has 1 aliphatic rings. The highest BCUT2D eigenvalue weighted by molar-refractivity contribution is 5.81. The third kappa shape index (κ3) is 3.49. The Morgan fingerprint density at radius 3 is 2.84 bits per heavy atom. The monoisotopic (exact) mass is 262 g/mol. The van der Waals surface area contributed by atoms with Gasteiger partial charge in [0.1, 0.15) is 5.78 Å². The van der Waals surface area contributed by atoms with Crippen molar-refractivity contribution in [2.24, 2.45) is 5.92 Å². The number of phenolic OH excluding ortho intramolecular Hbond substituents is 1. The number of ketones is 1. The molecule has 0 amide bonds. The Labute approximate surface area is 114 Å². The predicted molar refractivity (Wildman–Crippen MR) is 74.6 cm³/mol. The highest BCUT2D eigenvalue weighted by atomic mass is 16.5. The van der Waals surface area contributed by atoms with Crippen molar-refractivity contribution in [3.05, 3.63) is 23.8 Å². The van der Waals surface area contributed by atoms with Gasteiger partial charge in [0.15, 0.2) is 11.5 Å². The van der Waals surface area contributed by atoms with Crippen molar-refractivity contribution in [1.82, 2.24) is 0 Å². The molecule has 1 fully saturated rings. The summed E-state index contributed by atoms with van der Waals surface area (Å²) in [4.78, 5) is 12.1. The minimum atomic E-state index is 0.0540. The maximum Gasteiger partial charge on any atom is 0.160 e. The summed E-state index contributed by atoms with van der Waals surface area (Å²) in [6.07, 6.45) is 6.77. The van der Waals surface area contributed by atoms with Crippen molar-refractivity contribution < 1.29 is 14.6 Å². The molecule has 1 N–H and O–H groups in total. The lowest BCUT2D eigenvalue weighted by Crippen LogP contribution is -2.18. The maximum absolute atomic E-state index is 12.1. The third-order valence-electron chi connectivity index (χ3n) is 3.95. The largest absolute Gasteiger partial charge is 0.504 e. The molecule has 0 aromatic heterocycles. The summed E-state index contributed by atoms with van der Waals surface area (Å²) in [7, 11) is 1.54. The van der Waals surface area contributed by atoms with E-state index in [1.165, 1.54) is 12.8 Å². The molecule has 0 heterocycles. The third-order valence-corrected chi connectivity index (χ3v) is 3.95. The number of carbonyl (C=O) groups is 1. The average molecular weight is 262 g/mol. The lowest BCUT2D eigenvalue weighted by atomic mass is 9.85. The minimum absolute atomic E-state index is 0.0540. The van der Waals surface area contributed by atoms with Crippen LogP contribution in [0.4, 0.5) is 0 Å². The number of methoxy groups -OCH3 is 1. The van der Waals surface area contributed by atoms with Crippen molar-refractivity contribution in [3.63, 3.8) is 0 Å². The molecule has 0 radical (unpaired) electrons. The predicted octanol–water partition coefficient (Wildman–Crippen LogP) is 3.48. The molecule has 0 saturated heterocycles. The van der Waals surface area contributed by atoms with Crippen LogP contribution in [0.5, 0.6) is 11.5 Å². The minimum Gasteiger partial charge on any atom is -0.504 e. The summed E-state index contributed by atoms with van der Waals surface area (Å²) in [6.45, 7) is 0. The van der Waals surface area contributed by atoms with E-state index in [0.29, 0.717) is 24.4 Å². The van der Waals surface area contributed by atoms with E-state index in [0.717, 1.165) is 24.8 Å². The molecule has 1 aromatic rings. The molecular formula is C16H22O3.